The van der Waals surface area contributed by atoms with E-state index in [4.69, 9.17) is 24.5 Å². The van der Waals surface area contributed by atoms with Crippen LogP contribution in [0, 0.1) is 0 Å². The molecule has 1 unspecified atom stereocenters. The van der Waals surface area contributed by atoms with Crippen molar-refractivity contribution < 1.29 is 18.9 Å². The first-order valence-electron chi connectivity index (χ1n) is 9.26. The van der Waals surface area contributed by atoms with E-state index >= 15 is 0 Å². The SMILES string of the molecule is CO[C@H]1C(OCc2ccccc2)O[C@H](C)[C@@H](N=[N+]=[N-])[C@@H]1OCc1ccccc1. The zero-order valence-electron chi connectivity index (χ0n) is 16.0. The van der Waals surface area contributed by atoms with Crippen molar-refractivity contribution in [3.63, 3.8) is 0 Å². The Morgan fingerprint density at radius 2 is 1.50 bits per heavy atom. The summed E-state index contributed by atoms with van der Waals surface area (Å²) in [6.07, 6.45) is -2.03. The molecule has 0 bridgehead atoms. The first-order valence-corrected chi connectivity index (χ1v) is 9.26. The van der Waals surface area contributed by atoms with Gasteiger partial charge in [0.1, 0.15) is 12.2 Å². The monoisotopic (exact) mass is 383 g/mol. The summed E-state index contributed by atoms with van der Waals surface area (Å²) in [4.78, 5) is 2.97. The van der Waals surface area contributed by atoms with Gasteiger partial charge in [-0.25, -0.2) is 0 Å². The van der Waals surface area contributed by atoms with Crippen LogP contribution in [0.1, 0.15) is 18.1 Å². The fourth-order valence-corrected chi connectivity index (χ4v) is 3.30. The minimum atomic E-state index is -0.633. The number of hydrogen-bond acceptors (Lipinski definition) is 5. The highest BCUT2D eigenvalue weighted by Gasteiger charge is 2.45. The first kappa shape index (κ1) is 20.3. The minimum absolute atomic E-state index is 0.371. The van der Waals surface area contributed by atoms with Crippen LogP contribution in [0.4, 0.5) is 0 Å². The average Bonchev–Trinajstić information content (AvgIpc) is 2.74. The number of nitrogens with zero attached hydrogens (tertiary/aromatic N) is 3. The van der Waals surface area contributed by atoms with E-state index in [1.54, 1.807) is 7.11 Å². The van der Waals surface area contributed by atoms with Crippen molar-refractivity contribution in [2.24, 2.45) is 5.11 Å². The van der Waals surface area contributed by atoms with Gasteiger partial charge in [0.05, 0.1) is 25.4 Å². The number of benzene rings is 2. The van der Waals surface area contributed by atoms with Gasteiger partial charge >= 0.3 is 0 Å². The van der Waals surface area contributed by atoms with Crippen molar-refractivity contribution in [3.05, 3.63) is 82.2 Å². The highest BCUT2D eigenvalue weighted by Crippen LogP contribution is 2.29. The molecule has 5 atom stereocenters. The number of azide groups is 1. The van der Waals surface area contributed by atoms with Gasteiger partial charge in [-0.3, -0.25) is 0 Å². The second-order valence-corrected chi connectivity index (χ2v) is 6.66. The van der Waals surface area contributed by atoms with Crippen LogP contribution in [0.5, 0.6) is 0 Å². The van der Waals surface area contributed by atoms with Crippen LogP contribution in [0.15, 0.2) is 65.8 Å². The maximum Gasteiger partial charge on any atom is 0.186 e. The molecule has 0 N–H and O–H groups in total. The molecule has 7 nitrogen and oxygen atoms in total. The maximum atomic E-state index is 8.99. The topological polar surface area (TPSA) is 85.7 Å². The van der Waals surface area contributed by atoms with Crippen molar-refractivity contribution in [2.45, 2.75) is 50.8 Å². The third-order valence-corrected chi connectivity index (χ3v) is 4.76. The molecule has 1 saturated heterocycles. The molecule has 148 valence electrons. The van der Waals surface area contributed by atoms with Crippen LogP contribution in [-0.2, 0) is 32.2 Å². The molecule has 7 heteroatoms. The summed E-state index contributed by atoms with van der Waals surface area (Å²) in [7, 11) is 1.58. The number of rotatable bonds is 8. The summed E-state index contributed by atoms with van der Waals surface area (Å²) in [6.45, 7) is 2.61. The molecule has 1 aliphatic rings. The van der Waals surface area contributed by atoms with Crippen molar-refractivity contribution in [3.8, 4) is 0 Å². The Bertz CT molecular complexity index is 768. The lowest BCUT2D eigenvalue weighted by Gasteiger charge is -2.43. The predicted octanol–water partition coefficient (Wildman–Crippen LogP) is 4.23. The molecule has 2 aromatic rings. The highest BCUT2D eigenvalue weighted by atomic mass is 16.7. The van der Waals surface area contributed by atoms with E-state index in [1.165, 1.54) is 0 Å². The van der Waals surface area contributed by atoms with Gasteiger partial charge in [0.15, 0.2) is 6.29 Å². The lowest BCUT2D eigenvalue weighted by molar-refractivity contribution is -0.286. The van der Waals surface area contributed by atoms with Gasteiger partial charge in [0, 0.05) is 12.0 Å². The molecule has 0 amide bonds. The fourth-order valence-electron chi connectivity index (χ4n) is 3.30. The lowest BCUT2D eigenvalue weighted by atomic mass is 9.97. The summed E-state index contributed by atoms with van der Waals surface area (Å²) < 4.78 is 23.8. The fraction of sp³-hybridized carbons (Fsp3) is 0.429. The van der Waals surface area contributed by atoms with E-state index in [0.717, 1.165) is 11.1 Å². The molecular weight excluding hydrogens is 358 g/mol. The van der Waals surface area contributed by atoms with Crippen LogP contribution in [0.25, 0.3) is 10.4 Å². The van der Waals surface area contributed by atoms with Crippen LogP contribution < -0.4 is 0 Å². The van der Waals surface area contributed by atoms with Crippen molar-refractivity contribution >= 4 is 0 Å². The molecule has 1 heterocycles. The van der Waals surface area contributed by atoms with E-state index in [2.05, 4.69) is 10.0 Å². The molecule has 0 saturated carbocycles. The third kappa shape index (κ3) is 5.10. The summed E-state index contributed by atoms with van der Waals surface area (Å²) in [6, 6.07) is 19.2. The average molecular weight is 383 g/mol. The Kier molecular flexibility index (Phi) is 7.42. The van der Waals surface area contributed by atoms with Gasteiger partial charge in [-0.1, -0.05) is 65.8 Å². The second kappa shape index (κ2) is 10.2. The Morgan fingerprint density at radius 3 is 2.04 bits per heavy atom. The Balaban J connectivity index is 1.74. The van der Waals surface area contributed by atoms with Crippen LogP contribution in [-0.4, -0.2) is 37.8 Å². The van der Waals surface area contributed by atoms with Gasteiger partial charge in [-0.2, -0.15) is 0 Å². The molecule has 0 spiro atoms. The van der Waals surface area contributed by atoms with E-state index in [0.29, 0.717) is 13.2 Å². The first-order chi connectivity index (χ1) is 13.7. The molecule has 0 radical (unpaired) electrons. The van der Waals surface area contributed by atoms with Crippen LogP contribution in [0.3, 0.4) is 0 Å². The van der Waals surface area contributed by atoms with Crippen molar-refractivity contribution in [1.29, 1.82) is 0 Å². The van der Waals surface area contributed by atoms with Crippen LogP contribution >= 0.6 is 0 Å². The van der Waals surface area contributed by atoms with Gasteiger partial charge in [-0.15, -0.1) is 0 Å². The highest BCUT2D eigenvalue weighted by molar-refractivity contribution is 5.14. The van der Waals surface area contributed by atoms with Gasteiger partial charge in [-0.05, 0) is 23.6 Å². The predicted molar refractivity (Wildman–Crippen MR) is 104 cm³/mol. The third-order valence-electron chi connectivity index (χ3n) is 4.76. The van der Waals surface area contributed by atoms with Gasteiger partial charge < -0.3 is 18.9 Å². The summed E-state index contributed by atoms with van der Waals surface area (Å²) in [5.74, 6) is 0. The molecule has 1 aliphatic heterocycles. The minimum Gasteiger partial charge on any atom is -0.373 e. The molecule has 2 aromatic carbocycles. The molecule has 0 aromatic heterocycles. The number of hydrogen-bond donors (Lipinski definition) is 0. The second-order valence-electron chi connectivity index (χ2n) is 6.66. The molecule has 0 aliphatic carbocycles. The standard InChI is InChI=1S/C21H25N3O4/c1-15-18(23-24-22)19(26-13-16-9-5-3-6-10-16)20(25-2)21(28-15)27-14-17-11-7-4-8-12-17/h3-12,15,18-21H,13-14H2,1-2H3/t15-,18-,19+,20-,21?/m1/s1. The van der Waals surface area contributed by atoms with Gasteiger partial charge in [0.25, 0.3) is 0 Å². The summed E-state index contributed by atoms with van der Waals surface area (Å²) >= 11 is 0. The largest absolute Gasteiger partial charge is 0.373 e. The maximum absolute atomic E-state index is 8.99. The molecule has 28 heavy (non-hydrogen) atoms. The van der Waals surface area contributed by atoms with Gasteiger partial charge in [0.2, 0.25) is 0 Å². The van der Waals surface area contributed by atoms with Crippen molar-refractivity contribution in [1.82, 2.24) is 0 Å². The summed E-state index contributed by atoms with van der Waals surface area (Å²) in [5.41, 5.74) is 11.1. The Morgan fingerprint density at radius 1 is 0.929 bits per heavy atom. The normalized spacial score (nSPS) is 27.1. The molecule has 3 rings (SSSR count). The van der Waals surface area contributed by atoms with E-state index in [1.807, 2.05) is 67.6 Å². The lowest BCUT2D eigenvalue weighted by Crippen LogP contribution is -2.58. The Labute approximate surface area is 164 Å². The molecule has 1 fully saturated rings. The molecular formula is C21H25N3O4. The van der Waals surface area contributed by atoms with E-state index in [-0.39, 0.29) is 6.10 Å². The van der Waals surface area contributed by atoms with Crippen LogP contribution in [0.2, 0.25) is 0 Å². The smallest absolute Gasteiger partial charge is 0.186 e. The van der Waals surface area contributed by atoms with E-state index < -0.39 is 24.5 Å². The number of methoxy groups -OCH3 is 1. The Hall–Kier alpha value is -2.41. The summed E-state index contributed by atoms with van der Waals surface area (Å²) in [5, 5.41) is 3.90. The zero-order chi connectivity index (χ0) is 19.8. The number of ether oxygens (including phenoxy) is 4. The quantitative estimate of drug-likeness (QED) is 0.388. The zero-order valence-corrected chi connectivity index (χ0v) is 16.0. The van der Waals surface area contributed by atoms with Crippen molar-refractivity contribution in [2.75, 3.05) is 7.11 Å². The van der Waals surface area contributed by atoms with E-state index in [9.17, 15) is 0 Å².